The van der Waals surface area contributed by atoms with Crippen LogP contribution in [0.4, 0.5) is 10.5 Å². The van der Waals surface area contributed by atoms with Gasteiger partial charge in [0.2, 0.25) is 5.91 Å². The minimum Gasteiger partial charge on any atom is -0.450 e. The van der Waals surface area contributed by atoms with Crippen molar-refractivity contribution in [3.8, 4) is 0 Å². The smallest absolute Gasteiger partial charge is 0.409 e. The number of hydrogen-bond donors (Lipinski definition) is 1. The number of anilines is 1. The third-order valence-electron chi connectivity index (χ3n) is 4.30. The molecule has 0 aliphatic carbocycles. The topological polar surface area (TPSA) is 79.0 Å². The minimum atomic E-state index is -0.328. The molecule has 2 amide bonds. The second kappa shape index (κ2) is 8.62. The molecule has 0 bridgehead atoms. The molecule has 0 saturated carbocycles. The van der Waals surface area contributed by atoms with Crippen LogP contribution >= 0.6 is 0 Å². The van der Waals surface area contributed by atoms with Gasteiger partial charge < -0.3 is 15.0 Å². The number of hydrogen-bond acceptors (Lipinski definition) is 5. The van der Waals surface area contributed by atoms with E-state index in [0.717, 1.165) is 0 Å². The van der Waals surface area contributed by atoms with Gasteiger partial charge in [-0.15, -0.1) is 0 Å². The first kappa shape index (κ1) is 18.9. The van der Waals surface area contributed by atoms with Crippen LogP contribution in [0, 0.1) is 0 Å². The van der Waals surface area contributed by atoms with Crippen LogP contribution in [0.1, 0.15) is 31.1 Å². The molecule has 1 aromatic rings. The molecule has 1 atom stereocenters. The number of ether oxygens (including phenoxy) is 1. The molecule has 2 rings (SSSR count). The zero-order valence-electron chi connectivity index (χ0n) is 14.9. The Morgan fingerprint density at radius 3 is 2.48 bits per heavy atom. The largest absolute Gasteiger partial charge is 0.450 e. The molecule has 0 aromatic heterocycles. The standard InChI is InChI=1S/C18H25N3O4/c1-4-25-18(24)21-10-8-20(9-11-21)13(2)17(23)19-16-7-5-6-15(12-16)14(3)22/h5-7,12-13H,4,8-11H2,1-3H3,(H,19,23)/t13-/m1/s1. The first-order valence-electron chi connectivity index (χ1n) is 8.50. The van der Waals surface area contributed by atoms with Crippen molar-refractivity contribution in [1.29, 1.82) is 0 Å². The molecule has 1 fully saturated rings. The SMILES string of the molecule is CCOC(=O)N1CCN([C@H](C)C(=O)Nc2cccc(C(C)=O)c2)CC1. The molecule has 1 heterocycles. The number of piperazine rings is 1. The van der Waals surface area contributed by atoms with E-state index in [1.807, 2.05) is 11.8 Å². The fourth-order valence-corrected chi connectivity index (χ4v) is 2.74. The van der Waals surface area contributed by atoms with E-state index in [9.17, 15) is 14.4 Å². The Hall–Kier alpha value is -2.41. The molecular weight excluding hydrogens is 322 g/mol. The van der Waals surface area contributed by atoms with Crippen molar-refractivity contribution in [2.24, 2.45) is 0 Å². The van der Waals surface area contributed by atoms with Gasteiger partial charge in [-0.3, -0.25) is 14.5 Å². The highest BCUT2D eigenvalue weighted by Crippen LogP contribution is 2.14. The van der Waals surface area contributed by atoms with Crippen LogP contribution in [0.5, 0.6) is 0 Å². The van der Waals surface area contributed by atoms with Gasteiger partial charge in [0.1, 0.15) is 0 Å². The van der Waals surface area contributed by atoms with Gasteiger partial charge in [-0.2, -0.15) is 0 Å². The number of benzene rings is 1. The number of nitrogens with zero attached hydrogens (tertiary/aromatic N) is 2. The summed E-state index contributed by atoms with van der Waals surface area (Å²) in [6.07, 6.45) is -0.305. The highest BCUT2D eigenvalue weighted by atomic mass is 16.6. The Morgan fingerprint density at radius 2 is 1.88 bits per heavy atom. The van der Waals surface area contributed by atoms with E-state index in [-0.39, 0.29) is 23.8 Å². The normalized spacial score (nSPS) is 16.2. The Bertz CT molecular complexity index is 639. The van der Waals surface area contributed by atoms with Crippen LogP contribution in [0.3, 0.4) is 0 Å². The summed E-state index contributed by atoms with van der Waals surface area (Å²) >= 11 is 0. The minimum absolute atomic E-state index is 0.0424. The summed E-state index contributed by atoms with van der Waals surface area (Å²) in [5, 5.41) is 2.85. The second-order valence-electron chi connectivity index (χ2n) is 6.02. The highest BCUT2D eigenvalue weighted by Gasteiger charge is 2.28. The quantitative estimate of drug-likeness (QED) is 0.824. The van der Waals surface area contributed by atoms with E-state index in [1.165, 1.54) is 6.92 Å². The fraction of sp³-hybridized carbons (Fsp3) is 0.500. The summed E-state index contributed by atoms with van der Waals surface area (Å²) < 4.78 is 5.00. The molecule has 1 aliphatic rings. The monoisotopic (exact) mass is 347 g/mol. The van der Waals surface area contributed by atoms with Crippen LogP contribution in [-0.4, -0.2) is 66.4 Å². The molecule has 1 N–H and O–H groups in total. The van der Waals surface area contributed by atoms with Gasteiger partial charge >= 0.3 is 6.09 Å². The van der Waals surface area contributed by atoms with Gasteiger partial charge in [0.15, 0.2) is 5.78 Å². The van der Waals surface area contributed by atoms with Crippen molar-refractivity contribution in [2.45, 2.75) is 26.8 Å². The number of nitrogens with one attached hydrogen (secondary N) is 1. The molecule has 7 heteroatoms. The first-order chi connectivity index (χ1) is 11.9. The molecule has 136 valence electrons. The number of amides is 2. The molecule has 1 aliphatic heterocycles. The van der Waals surface area contributed by atoms with Gasteiger partial charge in [0.05, 0.1) is 12.6 Å². The zero-order chi connectivity index (χ0) is 18.4. The van der Waals surface area contributed by atoms with Crippen molar-refractivity contribution >= 4 is 23.5 Å². The summed E-state index contributed by atoms with van der Waals surface area (Å²) in [6, 6.07) is 6.57. The fourth-order valence-electron chi connectivity index (χ4n) is 2.74. The van der Waals surface area contributed by atoms with Crippen molar-refractivity contribution in [3.05, 3.63) is 29.8 Å². The van der Waals surface area contributed by atoms with Crippen LogP contribution in [-0.2, 0) is 9.53 Å². The molecule has 1 saturated heterocycles. The van der Waals surface area contributed by atoms with Crippen LogP contribution in [0.15, 0.2) is 24.3 Å². The lowest BCUT2D eigenvalue weighted by Crippen LogP contribution is -2.54. The lowest BCUT2D eigenvalue weighted by molar-refractivity contribution is -0.121. The number of ketones is 1. The average Bonchev–Trinajstić information content (AvgIpc) is 2.61. The number of rotatable bonds is 5. The van der Waals surface area contributed by atoms with E-state index in [1.54, 1.807) is 36.1 Å². The Morgan fingerprint density at radius 1 is 1.20 bits per heavy atom. The molecule has 7 nitrogen and oxygen atoms in total. The van der Waals surface area contributed by atoms with E-state index in [0.29, 0.717) is 44.0 Å². The van der Waals surface area contributed by atoms with E-state index >= 15 is 0 Å². The molecule has 0 spiro atoms. The summed E-state index contributed by atoms with van der Waals surface area (Å²) in [5.41, 5.74) is 1.17. The molecule has 0 radical (unpaired) electrons. The number of carbonyl (C=O) groups excluding carboxylic acids is 3. The van der Waals surface area contributed by atoms with Gasteiger partial charge in [0, 0.05) is 37.4 Å². The first-order valence-corrected chi connectivity index (χ1v) is 8.50. The van der Waals surface area contributed by atoms with Crippen molar-refractivity contribution < 1.29 is 19.1 Å². The van der Waals surface area contributed by atoms with Crippen molar-refractivity contribution in [2.75, 3.05) is 38.1 Å². The maximum absolute atomic E-state index is 12.5. The van der Waals surface area contributed by atoms with E-state index < -0.39 is 0 Å². The number of carbonyl (C=O) groups is 3. The molecule has 1 aromatic carbocycles. The lowest BCUT2D eigenvalue weighted by atomic mass is 10.1. The Kier molecular flexibility index (Phi) is 6.52. The highest BCUT2D eigenvalue weighted by molar-refractivity contribution is 5.98. The summed E-state index contributed by atoms with van der Waals surface area (Å²) in [5.74, 6) is -0.176. The summed E-state index contributed by atoms with van der Waals surface area (Å²) in [4.78, 5) is 39.3. The maximum atomic E-state index is 12.5. The molecule has 0 unspecified atom stereocenters. The Balaban J connectivity index is 1.89. The third kappa shape index (κ3) is 5.03. The summed E-state index contributed by atoms with van der Waals surface area (Å²) in [7, 11) is 0. The van der Waals surface area contributed by atoms with Gasteiger partial charge in [-0.1, -0.05) is 12.1 Å². The second-order valence-corrected chi connectivity index (χ2v) is 6.02. The third-order valence-corrected chi connectivity index (χ3v) is 4.30. The predicted molar refractivity (Wildman–Crippen MR) is 94.7 cm³/mol. The van der Waals surface area contributed by atoms with Gasteiger partial charge in [0.25, 0.3) is 0 Å². The number of Topliss-reactive ketones (excluding diaryl/α,β-unsaturated/α-hetero) is 1. The summed E-state index contributed by atoms with van der Waals surface area (Å²) in [6.45, 7) is 7.77. The maximum Gasteiger partial charge on any atom is 0.409 e. The van der Waals surface area contributed by atoms with Crippen molar-refractivity contribution in [1.82, 2.24) is 9.80 Å². The molecule has 25 heavy (non-hydrogen) atoms. The Labute approximate surface area is 147 Å². The predicted octanol–water partition coefficient (Wildman–Crippen LogP) is 1.99. The van der Waals surface area contributed by atoms with Crippen molar-refractivity contribution in [3.63, 3.8) is 0 Å². The van der Waals surface area contributed by atoms with E-state index in [4.69, 9.17) is 4.74 Å². The van der Waals surface area contributed by atoms with Crippen LogP contribution in [0.25, 0.3) is 0 Å². The molecular formula is C18H25N3O4. The van der Waals surface area contributed by atoms with Gasteiger partial charge in [-0.05, 0) is 32.9 Å². The van der Waals surface area contributed by atoms with Gasteiger partial charge in [-0.25, -0.2) is 4.79 Å². The lowest BCUT2D eigenvalue weighted by Gasteiger charge is -2.36. The van der Waals surface area contributed by atoms with E-state index in [2.05, 4.69) is 5.32 Å². The average molecular weight is 347 g/mol. The van der Waals surface area contributed by atoms with Crippen LogP contribution < -0.4 is 5.32 Å². The zero-order valence-corrected chi connectivity index (χ0v) is 14.9. The van der Waals surface area contributed by atoms with Crippen LogP contribution in [0.2, 0.25) is 0 Å².